The molecule has 1 aromatic heterocycles. The van der Waals surface area contributed by atoms with E-state index in [2.05, 4.69) is 11.9 Å². The molecule has 0 aliphatic heterocycles. The predicted octanol–water partition coefficient (Wildman–Crippen LogP) is 3.31. The quantitative estimate of drug-likeness (QED) is 0.909. The second kappa shape index (κ2) is 6.53. The van der Waals surface area contributed by atoms with Crippen LogP contribution >= 0.6 is 0 Å². The van der Waals surface area contributed by atoms with Crippen LogP contribution in [-0.4, -0.2) is 22.8 Å². The number of fused-ring (bicyclic) bond motifs is 1. The molecule has 0 atom stereocenters. The van der Waals surface area contributed by atoms with Crippen molar-refractivity contribution in [2.24, 2.45) is 5.92 Å². The number of nitrogen functional groups attached to an aromatic ring is 1. The van der Waals surface area contributed by atoms with Gasteiger partial charge in [0.1, 0.15) is 5.75 Å². The van der Waals surface area contributed by atoms with Crippen molar-refractivity contribution < 1.29 is 9.84 Å². The number of rotatable bonds is 4. The molecule has 118 valence electrons. The highest BCUT2D eigenvalue weighted by Gasteiger charge is 2.22. The van der Waals surface area contributed by atoms with E-state index in [1.165, 1.54) is 0 Å². The summed E-state index contributed by atoms with van der Waals surface area (Å²) >= 11 is 0. The number of ether oxygens (including phenoxy) is 1. The number of aromatic nitrogens is 1. The Bertz CT molecular complexity index is 649. The number of pyridine rings is 1. The van der Waals surface area contributed by atoms with Crippen molar-refractivity contribution in [1.82, 2.24) is 4.98 Å². The lowest BCUT2D eigenvalue weighted by Crippen LogP contribution is -2.25. The van der Waals surface area contributed by atoms with Crippen LogP contribution in [0.25, 0.3) is 10.9 Å². The fraction of sp³-hybridized carbons (Fsp3) is 0.500. The van der Waals surface area contributed by atoms with Gasteiger partial charge in [0.25, 0.3) is 0 Å². The van der Waals surface area contributed by atoms with Crippen molar-refractivity contribution in [3.8, 4) is 5.75 Å². The lowest BCUT2D eigenvalue weighted by Gasteiger charge is -2.28. The van der Waals surface area contributed by atoms with Crippen LogP contribution in [0.5, 0.6) is 5.75 Å². The average Bonchev–Trinajstić information content (AvgIpc) is 2.55. The summed E-state index contributed by atoms with van der Waals surface area (Å²) in [5, 5.41) is 10.1. The smallest absolute Gasteiger partial charge is 0.131 e. The number of nitrogens with zero attached hydrogens (tertiary/aromatic N) is 1. The molecule has 2 aromatic rings. The van der Waals surface area contributed by atoms with Gasteiger partial charge in [0, 0.05) is 18.0 Å². The van der Waals surface area contributed by atoms with Gasteiger partial charge in [0.05, 0.1) is 17.0 Å². The van der Waals surface area contributed by atoms with Crippen molar-refractivity contribution in [1.29, 1.82) is 0 Å². The van der Waals surface area contributed by atoms with Crippen LogP contribution in [0.15, 0.2) is 24.3 Å². The van der Waals surface area contributed by atoms with Gasteiger partial charge in [-0.25, -0.2) is 0 Å². The molecule has 1 heterocycles. The molecule has 0 saturated heterocycles. The van der Waals surface area contributed by atoms with Crippen molar-refractivity contribution in [3.63, 3.8) is 0 Å². The first kappa shape index (κ1) is 15.1. The molecule has 1 aromatic carbocycles. The third kappa shape index (κ3) is 3.02. The van der Waals surface area contributed by atoms with Gasteiger partial charge in [0.2, 0.25) is 0 Å². The zero-order chi connectivity index (χ0) is 15.5. The maximum absolute atomic E-state index is 9.23. The molecule has 4 heteroatoms. The molecule has 0 bridgehead atoms. The van der Waals surface area contributed by atoms with Crippen molar-refractivity contribution in [3.05, 3.63) is 30.0 Å². The highest BCUT2D eigenvalue weighted by Crippen LogP contribution is 2.34. The summed E-state index contributed by atoms with van der Waals surface area (Å²) in [6, 6.07) is 7.88. The van der Waals surface area contributed by atoms with E-state index in [-0.39, 0.29) is 12.7 Å². The number of benzene rings is 1. The molecule has 3 N–H and O–H groups in total. The summed E-state index contributed by atoms with van der Waals surface area (Å²) in [7, 11) is 0. The maximum Gasteiger partial charge on any atom is 0.131 e. The lowest BCUT2D eigenvalue weighted by molar-refractivity contribution is 0.105. The van der Waals surface area contributed by atoms with Gasteiger partial charge < -0.3 is 15.6 Å². The molecule has 0 amide bonds. The van der Waals surface area contributed by atoms with E-state index < -0.39 is 0 Å². The molecule has 1 fully saturated rings. The number of aliphatic hydroxyl groups excluding tert-OH is 1. The van der Waals surface area contributed by atoms with Crippen LogP contribution in [-0.2, 0) is 6.42 Å². The molecule has 0 radical (unpaired) electrons. The predicted molar refractivity (Wildman–Crippen MR) is 89.0 cm³/mol. The number of hydrogen-bond donors (Lipinski definition) is 2. The van der Waals surface area contributed by atoms with Crippen LogP contribution in [0.1, 0.15) is 38.3 Å². The Labute approximate surface area is 131 Å². The average molecular weight is 300 g/mol. The summed E-state index contributed by atoms with van der Waals surface area (Å²) in [6.07, 6.45) is 5.11. The summed E-state index contributed by atoms with van der Waals surface area (Å²) in [4.78, 5) is 4.64. The fourth-order valence-corrected chi connectivity index (χ4v) is 3.23. The molecule has 1 aliphatic rings. The van der Waals surface area contributed by atoms with E-state index in [4.69, 9.17) is 10.5 Å². The molecular formula is C18H24N2O2. The number of hydrogen-bond acceptors (Lipinski definition) is 4. The van der Waals surface area contributed by atoms with E-state index in [9.17, 15) is 5.11 Å². The molecular weight excluding hydrogens is 276 g/mol. The van der Waals surface area contributed by atoms with Gasteiger partial charge in [-0.3, -0.25) is 4.98 Å². The zero-order valence-corrected chi connectivity index (χ0v) is 13.1. The first-order valence-electron chi connectivity index (χ1n) is 8.17. The standard InChI is InChI=1S/C18H24N2O2/c1-2-13-10-15(19)18-16(20-13)4-3-5-17(18)22-14-8-6-12(11-21)7-9-14/h3-5,10,12,14,21H,2,6-9,11H2,1H3,(H2,19,20). The summed E-state index contributed by atoms with van der Waals surface area (Å²) in [5.41, 5.74) is 8.87. The largest absolute Gasteiger partial charge is 0.490 e. The number of nitrogens with two attached hydrogens (primary N) is 1. The Morgan fingerprint density at radius 3 is 2.73 bits per heavy atom. The van der Waals surface area contributed by atoms with Crippen LogP contribution in [0.4, 0.5) is 5.69 Å². The van der Waals surface area contributed by atoms with Gasteiger partial charge in [-0.15, -0.1) is 0 Å². The van der Waals surface area contributed by atoms with E-state index in [0.717, 1.165) is 60.1 Å². The molecule has 4 nitrogen and oxygen atoms in total. The summed E-state index contributed by atoms with van der Waals surface area (Å²) < 4.78 is 6.21. The maximum atomic E-state index is 9.23. The van der Waals surface area contributed by atoms with Crippen LogP contribution in [0.3, 0.4) is 0 Å². The Hall–Kier alpha value is -1.81. The van der Waals surface area contributed by atoms with Crippen LogP contribution in [0, 0.1) is 5.92 Å². The van der Waals surface area contributed by atoms with E-state index in [1.54, 1.807) is 0 Å². The van der Waals surface area contributed by atoms with Gasteiger partial charge in [-0.1, -0.05) is 13.0 Å². The van der Waals surface area contributed by atoms with Crippen molar-refractivity contribution >= 4 is 16.6 Å². The third-order valence-electron chi connectivity index (χ3n) is 4.59. The Morgan fingerprint density at radius 1 is 1.27 bits per heavy atom. The number of aryl methyl sites for hydroxylation is 1. The number of anilines is 1. The topological polar surface area (TPSA) is 68.4 Å². The highest BCUT2D eigenvalue weighted by atomic mass is 16.5. The number of aliphatic hydroxyl groups is 1. The lowest BCUT2D eigenvalue weighted by atomic mass is 9.88. The van der Waals surface area contributed by atoms with Crippen molar-refractivity contribution in [2.75, 3.05) is 12.3 Å². The van der Waals surface area contributed by atoms with Crippen molar-refractivity contribution in [2.45, 2.75) is 45.1 Å². The molecule has 0 unspecified atom stereocenters. The Kier molecular flexibility index (Phi) is 4.48. The van der Waals surface area contributed by atoms with Crippen LogP contribution < -0.4 is 10.5 Å². The molecule has 1 aliphatic carbocycles. The normalized spacial score (nSPS) is 21.9. The minimum Gasteiger partial charge on any atom is -0.490 e. The van der Waals surface area contributed by atoms with Crippen LogP contribution in [0.2, 0.25) is 0 Å². The van der Waals surface area contributed by atoms with Gasteiger partial charge in [-0.2, -0.15) is 0 Å². The van der Waals surface area contributed by atoms with E-state index >= 15 is 0 Å². The second-order valence-electron chi connectivity index (χ2n) is 6.15. The van der Waals surface area contributed by atoms with Gasteiger partial charge in [0.15, 0.2) is 0 Å². The second-order valence-corrected chi connectivity index (χ2v) is 6.15. The first-order chi connectivity index (χ1) is 10.7. The Balaban J connectivity index is 1.85. The molecule has 22 heavy (non-hydrogen) atoms. The minimum absolute atomic E-state index is 0.207. The van der Waals surface area contributed by atoms with E-state index in [1.807, 2.05) is 24.3 Å². The minimum atomic E-state index is 0.207. The van der Waals surface area contributed by atoms with Gasteiger partial charge >= 0.3 is 0 Å². The Morgan fingerprint density at radius 2 is 2.05 bits per heavy atom. The summed E-state index contributed by atoms with van der Waals surface area (Å²) in [6.45, 7) is 2.37. The monoisotopic (exact) mass is 300 g/mol. The first-order valence-corrected chi connectivity index (χ1v) is 8.17. The molecule has 0 spiro atoms. The molecule has 3 rings (SSSR count). The SMILES string of the molecule is CCc1cc(N)c2c(OC3CCC(CO)CC3)cccc2n1. The third-order valence-corrected chi connectivity index (χ3v) is 4.59. The fourth-order valence-electron chi connectivity index (χ4n) is 3.23. The van der Waals surface area contributed by atoms with Gasteiger partial charge in [-0.05, 0) is 56.2 Å². The zero-order valence-electron chi connectivity index (χ0n) is 13.1. The van der Waals surface area contributed by atoms with E-state index in [0.29, 0.717) is 5.92 Å². The molecule has 1 saturated carbocycles. The summed E-state index contributed by atoms with van der Waals surface area (Å²) in [5.74, 6) is 1.27. The highest BCUT2D eigenvalue weighted by molar-refractivity contribution is 5.95.